The number of carbonyl (C=O) groups excluding carboxylic acids is 1. The second-order valence-electron chi connectivity index (χ2n) is 6.16. The molecule has 1 fully saturated rings. The van der Waals surface area contributed by atoms with Gasteiger partial charge in [-0.25, -0.2) is 4.98 Å². The molecule has 2 heterocycles. The fourth-order valence-corrected chi connectivity index (χ4v) is 3.22. The quantitative estimate of drug-likeness (QED) is 0.806. The number of Topliss-reactive ketones (excluding diaryl/α,β-unsaturated/α-hetero) is 1. The number of hydrogen-bond donors (Lipinski definition) is 1. The van der Waals surface area contributed by atoms with Crippen molar-refractivity contribution in [1.82, 2.24) is 19.7 Å². The van der Waals surface area contributed by atoms with Crippen LogP contribution < -0.4 is 0 Å². The smallest absolute Gasteiger partial charge is 0.133 e. The van der Waals surface area contributed by atoms with Gasteiger partial charge in [-0.05, 0) is 31.0 Å². The van der Waals surface area contributed by atoms with Crippen molar-refractivity contribution in [2.24, 2.45) is 0 Å². The zero-order chi connectivity index (χ0) is 15.8. The predicted molar refractivity (Wildman–Crippen MR) is 87.5 cm³/mol. The van der Waals surface area contributed by atoms with E-state index >= 15 is 0 Å². The summed E-state index contributed by atoms with van der Waals surface area (Å²) in [6, 6.07) is 8.37. The van der Waals surface area contributed by atoms with Crippen molar-refractivity contribution in [1.29, 1.82) is 0 Å². The Hall–Kier alpha value is -2.69. The van der Waals surface area contributed by atoms with E-state index < -0.39 is 0 Å². The van der Waals surface area contributed by atoms with Gasteiger partial charge < -0.3 is 4.57 Å². The Morgan fingerprint density at radius 2 is 2.22 bits per heavy atom. The number of rotatable bonds is 3. The van der Waals surface area contributed by atoms with Crippen molar-refractivity contribution in [3.63, 3.8) is 0 Å². The summed E-state index contributed by atoms with van der Waals surface area (Å²) in [6.07, 6.45) is 7.76. The van der Waals surface area contributed by atoms with Crippen LogP contribution in [0.2, 0.25) is 0 Å². The Bertz CT molecular complexity index is 848. The minimum absolute atomic E-state index is 0.294. The number of benzene rings is 1. The lowest BCUT2D eigenvalue weighted by Crippen LogP contribution is -1.94. The van der Waals surface area contributed by atoms with Gasteiger partial charge in [0, 0.05) is 42.4 Å². The molecule has 0 aliphatic heterocycles. The average Bonchev–Trinajstić information content (AvgIpc) is 3.28. The van der Waals surface area contributed by atoms with Crippen LogP contribution in [0.3, 0.4) is 0 Å². The molecule has 4 rings (SSSR count). The number of nitrogens with one attached hydrogen (secondary N) is 1. The molecule has 5 heteroatoms. The van der Waals surface area contributed by atoms with Crippen LogP contribution >= 0.6 is 0 Å². The number of H-pyrrole nitrogens is 1. The van der Waals surface area contributed by atoms with Crippen molar-refractivity contribution in [3.8, 4) is 16.9 Å². The molecule has 5 nitrogen and oxygen atoms in total. The maximum atomic E-state index is 11.5. The van der Waals surface area contributed by atoms with Crippen molar-refractivity contribution in [3.05, 3.63) is 54.2 Å². The highest BCUT2D eigenvalue weighted by Gasteiger charge is 2.25. The van der Waals surface area contributed by atoms with E-state index in [9.17, 15) is 4.79 Å². The largest absolute Gasteiger partial charge is 0.306 e. The summed E-state index contributed by atoms with van der Waals surface area (Å²) in [5, 5.41) is 7.56. The minimum atomic E-state index is 0.294. The van der Waals surface area contributed by atoms with Gasteiger partial charge in [-0.15, -0.1) is 0 Å². The van der Waals surface area contributed by atoms with Gasteiger partial charge in [0.1, 0.15) is 5.78 Å². The molecule has 3 aromatic rings. The molecule has 0 spiro atoms. The molecule has 1 saturated carbocycles. The Balaban J connectivity index is 1.67. The van der Waals surface area contributed by atoms with Crippen LogP contribution in [0.5, 0.6) is 0 Å². The van der Waals surface area contributed by atoms with Crippen molar-refractivity contribution >= 4 is 5.78 Å². The lowest BCUT2D eigenvalue weighted by molar-refractivity contribution is -0.117. The van der Waals surface area contributed by atoms with E-state index in [0.29, 0.717) is 24.5 Å². The highest BCUT2D eigenvalue weighted by atomic mass is 16.1. The third kappa shape index (κ3) is 2.59. The van der Waals surface area contributed by atoms with Crippen molar-refractivity contribution < 1.29 is 4.79 Å². The van der Waals surface area contributed by atoms with E-state index in [1.165, 1.54) is 5.56 Å². The van der Waals surface area contributed by atoms with Gasteiger partial charge in [0.15, 0.2) is 0 Å². The Kier molecular flexibility index (Phi) is 3.33. The molecule has 0 saturated heterocycles. The van der Waals surface area contributed by atoms with Gasteiger partial charge in [-0.1, -0.05) is 12.1 Å². The third-order valence-corrected chi connectivity index (χ3v) is 4.57. The molecule has 23 heavy (non-hydrogen) atoms. The summed E-state index contributed by atoms with van der Waals surface area (Å²) < 4.78 is 2.00. The number of ketones is 1. The first kappa shape index (κ1) is 13.9. The molecule has 1 aliphatic carbocycles. The first-order chi connectivity index (χ1) is 11.2. The van der Waals surface area contributed by atoms with Crippen LogP contribution in [0.1, 0.15) is 36.4 Å². The fourth-order valence-electron chi connectivity index (χ4n) is 3.22. The maximum absolute atomic E-state index is 11.5. The first-order valence-corrected chi connectivity index (χ1v) is 7.87. The monoisotopic (exact) mass is 306 g/mol. The Labute approximate surface area is 134 Å². The average molecular weight is 306 g/mol. The van der Waals surface area contributed by atoms with E-state index in [4.69, 9.17) is 0 Å². The Morgan fingerprint density at radius 3 is 2.96 bits per heavy atom. The number of hydrogen-bond acceptors (Lipinski definition) is 3. The zero-order valence-electron chi connectivity index (χ0n) is 13.0. The van der Waals surface area contributed by atoms with E-state index in [1.54, 1.807) is 12.5 Å². The van der Waals surface area contributed by atoms with Crippen LogP contribution in [-0.2, 0) is 4.79 Å². The van der Waals surface area contributed by atoms with Crippen molar-refractivity contribution in [2.75, 3.05) is 0 Å². The molecular formula is C18H18N4O. The minimum Gasteiger partial charge on any atom is -0.306 e. The molecule has 0 bridgehead atoms. The van der Waals surface area contributed by atoms with Crippen LogP contribution in [0.25, 0.3) is 16.9 Å². The Morgan fingerprint density at radius 1 is 1.30 bits per heavy atom. The molecule has 1 N–H and O–H groups in total. The van der Waals surface area contributed by atoms with Gasteiger partial charge in [-0.3, -0.25) is 9.89 Å². The highest BCUT2D eigenvalue weighted by Crippen LogP contribution is 2.33. The lowest BCUT2D eigenvalue weighted by Gasteiger charge is -2.08. The van der Waals surface area contributed by atoms with Crippen LogP contribution in [0.4, 0.5) is 0 Å². The van der Waals surface area contributed by atoms with E-state index in [0.717, 1.165) is 29.1 Å². The molecule has 0 radical (unpaired) electrons. The molecule has 116 valence electrons. The topological polar surface area (TPSA) is 63.6 Å². The van der Waals surface area contributed by atoms with Crippen molar-refractivity contribution in [2.45, 2.75) is 32.1 Å². The third-order valence-electron chi connectivity index (χ3n) is 4.57. The highest BCUT2D eigenvalue weighted by molar-refractivity contribution is 5.81. The summed E-state index contributed by atoms with van der Waals surface area (Å²) in [4.78, 5) is 15.6. The second kappa shape index (κ2) is 5.50. The van der Waals surface area contributed by atoms with Gasteiger partial charge >= 0.3 is 0 Å². The normalized spacial score (nSPS) is 17.8. The lowest BCUT2D eigenvalue weighted by atomic mass is 10.0. The van der Waals surface area contributed by atoms with Crippen LogP contribution in [0, 0.1) is 6.92 Å². The summed E-state index contributed by atoms with van der Waals surface area (Å²) in [7, 11) is 0. The summed E-state index contributed by atoms with van der Waals surface area (Å²) in [5.74, 6) is 0.645. The maximum Gasteiger partial charge on any atom is 0.133 e. The van der Waals surface area contributed by atoms with Crippen LogP contribution in [-0.4, -0.2) is 25.5 Å². The molecule has 1 unspecified atom stereocenters. The number of aryl methyl sites for hydroxylation is 1. The number of imidazole rings is 1. The molecular weight excluding hydrogens is 288 g/mol. The van der Waals surface area contributed by atoms with Gasteiger partial charge in [0.25, 0.3) is 0 Å². The molecule has 1 atom stereocenters. The summed E-state index contributed by atoms with van der Waals surface area (Å²) in [5.41, 5.74) is 5.33. The van der Waals surface area contributed by atoms with Gasteiger partial charge in [0.05, 0.1) is 17.7 Å². The molecule has 1 aliphatic rings. The van der Waals surface area contributed by atoms with Crippen LogP contribution in [0.15, 0.2) is 43.0 Å². The standard InChI is InChI=1S/C18H18N4O/c1-12-2-3-14(9-18(12)22-7-6-19-11-22)17-10-16(20-21-17)13-4-5-15(23)8-13/h2-3,6-7,9-11,13H,4-5,8H2,1H3,(H,20,21). The predicted octanol–water partition coefficient (Wildman–Crippen LogP) is 3.41. The number of carbonyl (C=O) groups is 1. The second-order valence-corrected chi connectivity index (χ2v) is 6.16. The number of nitrogens with zero attached hydrogens (tertiary/aromatic N) is 3. The molecule has 1 aromatic carbocycles. The van der Waals surface area contributed by atoms with E-state index in [1.807, 2.05) is 10.8 Å². The summed E-state index contributed by atoms with van der Waals surface area (Å²) >= 11 is 0. The van der Waals surface area contributed by atoms with Gasteiger partial charge in [0.2, 0.25) is 0 Å². The fraction of sp³-hybridized carbons (Fsp3) is 0.278. The molecule has 0 amide bonds. The number of aromatic nitrogens is 4. The number of aromatic amines is 1. The first-order valence-electron chi connectivity index (χ1n) is 7.87. The van der Waals surface area contributed by atoms with E-state index in [-0.39, 0.29) is 0 Å². The van der Waals surface area contributed by atoms with E-state index in [2.05, 4.69) is 46.4 Å². The molecule has 2 aromatic heterocycles. The SMILES string of the molecule is Cc1ccc(-c2cc(C3CCC(=O)C3)[nH]n2)cc1-n1ccnc1. The van der Waals surface area contributed by atoms with Gasteiger partial charge in [-0.2, -0.15) is 5.10 Å². The summed E-state index contributed by atoms with van der Waals surface area (Å²) in [6.45, 7) is 2.08. The zero-order valence-corrected chi connectivity index (χ0v) is 13.0.